The minimum atomic E-state index is -1.69. The molecule has 10 nitrogen and oxygen atoms in total. The number of aromatic nitrogens is 1. The first-order chi connectivity index (χ1) is 19.8. The summed E-state index contributed by atoms with van der Waals surface area (Å²) in [6.07, 6.45) is 9.77. The molecule has 3 aliphatic rings. The number of rotatable bonds is 7. The van der Waals surface area contributed by atoms with Gasteiger partial charge in [-0.15, -0.1) is 0 Å². The van der Waals surface area contributed by atoms with E-state index in [4.69, 9.17) is 21.0 Å². The number of allylic oxidation sites excluding steroid dienone is 1. The number of likely N-dealkylation sites (tertiary alicyclic amines) is 1. The molecule has 2 amide bonds. The molecule has 6 rings (SSSR count). The van der Waals surface area contributed by atoms with Crippen LogP contribution in [-0.4, -0.2) is 51.3 Å². The lowest BCUT2D eigenvalue weighted by atomic mass is 9.74. The monoisotopic (exact) mass is 574 g/mol. The number of hydrogen-bond acceptors (Lipinski definition) is 7. The zero-order valence-corrected chi connectivity index (χ0v) is 22.8. The number of Topliss-reactive ketones (excluding diaryl/α,β-unsaturated/α-hetero) is 1. The molecular formula is C30H27ClN4O6. The highest BCUT2D eigenvalue weighted by molar-refractivity contribution is 6.30. The van der Waals surface area contributed by atoms with Crippen LogP contribution in [0, 0.1) is 5.92 Å². The van der Waals surface area contributed by atoms with Gasteiger partial charge in [0.05, 0.1) is 21.8 Å². The van der Waals surface area contributed by atoms with Crippen molar-refractivity contribution in [3.63, 3.8) is 0 Å². The summed E-state index contributed by atoms with van der Waals surface area (Å²) in [6, 6.07) is 7.33. The van der Waals surface area contributed by atoms with Crippen LogP contribution in [0.25, 0.3) is 11.0 Å². The van der Waals surface area contributed by atoms with Gasteiger partial charge in [-0.05, 0) is 55.7 Å². The van der Waals surface area contributed by atoms with Crippen LogP contribution in [0.4, 0.5) is 5.82 Å². The number of furan rings is 1. The van der Waals surface area contributed by atoms with E-state index in [1.165, 1.54) is 36.7 Å². The molecule has 41 heavy (non-hydrogen) atoms. The minimum Gasteiger partial charge on any atom is -0.478 e. The fraction of sp³-hybridized carbons (Fsp3) is 0.333. The Morgan fingerprint density at radius 2 is 1.90 bits per heavy atom. The van der Waals surface area contributed by atoms with Crippen molar-refractivity contribution in [2.24, 2.45) is 10.9 Å². The van der Waals surface area contributed by atoms with E-state index in [0.717, 1.165) is 19.3 Å². The summed E-state index contributed by atoms with van der Waals surface area (Å²) in [5.41, 5.74) is -0.874. The van der Waals surface area contributed by atoms with Crippen LogP contribution in [-0.2, 0) is 15.1 Å². The Morgan fingerprint density at radius 3 is 2.59 bits per heavy atom. The molecule has 1 unspecified atom stereocenters. The van der Waals surface area contributed by atoms with Gasteiger partial charge in [-0.1, -0.05) is 30.9 Å². The summed E-state index contributed by atoms with van der Waals surface area (Å²) in [7, 11) is 0. The molecule has 2 aliphatic heterocycles. The lowest BCUT2D eigenvalue weighted by Gasteiger charge is -2.30. The summed E-state index contributed by atoms with van der Waals surface area (Å²) in [4.78, 5) is 63.3. The van der Waals surface area contributed by atoms with Gasteiger partial charge in [0.2, 0.25) is 5.91 Å². The van der Waals surface area contributed by atoms with Crippen LogP contribution in [0.15, 0.2) is 57.7 Å². The van der Waals surface area contributed by atoms with Crippen molar-refractivity contribution < 1.29 is 28.7 Å². The molecule has 11 heteroatoms. The van der Waals surface area contributed by atoms with Gasteiger partial charge in [-0.25, -0.2) is 9.78 Å². The first-order valence-corrected chi connectivity index (χ1v) is 14.0. The Kier molecular flexibility index (Phi) is 6.94. The normalized spacial score (nSPS) is 21.0. The Morgan fingerprint density at radius 1 is 1.10 bits per heavy atom. The molecule has 3 aromatic rings. The first kappa shape index (κ1) is 26.9. The molecule has 1 atom stereocenters. The molecule has 1 aliphatic carbocycles. The fourth-order valence-corrected chi connectivity index (χ4v) is 6.10. The number of aliphatic imine (C=N–C) groups is 1. The second-order valence-corrected chi connectivity index (χ2v) is 11.0. The molecule has 1 saturated heterocycles. The van der Waals surface area contributed by atoms with Crippen molar-refractivity contribution >= 4 is 58.2 Å². The predicted octanol–water partition coefficient (Wildman–Crippen LogP) is 5.37. The average Bonchev–Trinajstić information content (AvgIpc) is 3.71. The van der Waals surface area contributed by atoms with Crippen molar-refractivity contribution in [3.8, 4) is 0 Å². The van der Waals surface area contributed by atoms with E-state index >= 15 is 0 Å². The third kappa shape index (κ3) is 4.82. The number of carbonyl (C=O) groups is 4. The maximum atomic E-state index is 14.5. The highest BCUT2D eigenvalue weighted by atomic mass is 35.5. The van der Waals surface area contributed by atoms with Gasteiger partial charge >= 0.3 is 5.97 Å². The fourth-order valence-electron chi connectivity index (χ4n) is 5.99. The van der Waals surface area contributed by atoms with Crippen LogP contribution in [0.1, 0.15) is 71.4 Å². The van der Waals surface area contributed by atoms with Gasteiger partial charge in [0.1, 0.15) is 11.4 Å². The van der Waals surface area contributed by atoms with Crippen LogP contribution in [0.5, 0.6) is 0 Å². The number of aromatic carboxylic acids is 1. The second kappa shape index (κ2) is 10.6. The summed E-state index contributed by atoms with van der Waals surface area (Å²) >= 11 is 5.95. The molecule has 210 valence electrons. The van der Waals surface area contributed by atoms with Crippen LogP contribution in [0.2, 0.25) is 5.02 Å². The Labute approximate surface area is 240 Å². The van der Waals surface area contributed by atoms with E-state index < -0.39 is 17.4 Å². The highest BCUT2D eigenvalue weighted by Gasteiger charge is 2.49. The maximum Gasteiger partial charge on any atom is 0.335 e. The average molecular weight is 575 g/mol. The van der Waals surface area contributed by atoms with E-state index in [2.05, 4.69) is 10.3 Å². The summed E-state index contributed by atoms with van der Waals surface area (Å²) in [5, 5.41) is 13.1. The van der Waals surface area contributed by atoms with E-state index in [-0.39, 0.29) is 51.3 Å². The lowest BCUT2D eigenvalue weighted by Crippen LogP contribution is -2.38. The van der Waals surface area contributed by atoms with Gasteiger partial charge in [-0.2, -0.15) is 0 Å². The largest absolute Gasteiger partial charge is 0.478 e. The van der Waals surface area contributed by atoms with Crippen LogP contribution in [0.3, 0.4) is 0 Å². The van der Waals surface area contributed by atoms with Crippen molar-refractivity contribution in [2.75, 3.05) is 11.9 Å². The molecule has 2 aromatic heterocycles. The molecule has 4 heterocycles. The van der Waals surface area contributed by atoms with Gasteiger partial charge < -0.3 is 19.7 Å². The number of benzene rings is 1. The number of hydrogen-bond donors (Lipinski definition) is 2. The molecular weight excluding hydrogens is 548 g/mol. The number of carboxylic acid groups (broad SMARTS) is 1. The predicted molar refractivity (Wildman–Crippen MR) is 151 cm³/mol. The topological polar surface area (TPSA) is 142 Å². The van der Waals surface area contributed by atoms with Gasteiger partial charge in [0.15, 0.2) is 17.1 Å². The summed E-state index contributed by atoms with van der Waals surface area (Å²) < 4.78 is 6.05. The quantitative estimate of drug-likeness (QED) is 0.386. The Bertz CT molecular complexity index is 1640. The van der Waals surface area contributed by atoms with Crippen LogP contribution >= 0.6 is 11.6 Å². The molecule has 0 radical (unpaired) electrons. The Balaban J connectivity index is 1.56. The van der Waals surface area contributed by atoms with Gasteiger partial charge in [0.25, 0.3) is 5.91 Å². The lowest BCUT2D eigenvalue weighted by molar-refractivity contribution is -0.128. The van der Waals surface area contributed by atoms with Crippen molar-refractivity contribution in [3.05, 3.63) is 70.2 Å². The molecule has 1 aromatic carbocycles. The molecule has 2 fully saturated rings. The second-order valence-electron chi connectivity index (χ2n) is 10.6. The Hall–Kier alpha value is -4.31. The number of fused-ring (bicyclic) bond motifs is 1. The molecule has 1 saturated carbocycles. The van der Waals surface area contributed by atoms with E-state index in [9.17, 15) is 24.3 Å². The van der Waals surface area contributed by atoms with Crippen molar-refractivity contribution in [1.29, 1.82) is 0 Å². The minimum absolute atomic E-state index is 0.0351. The number of carbonyl (C=O) groups excluding carboxylic acids is 3. The first-order valence-electron chi connectivity index (χ1n) is 13.6. The van der Waals surface area contributed by atoms with Crippen molar-refractivity contribution in [1.82, 2.24) is 9.88 Å². The highest BCUT2D eigenvalue weighted by Crippen LogP contribution is 2.46. The number of pyridine rings is 1. The molecule has 0 bridgehead atoms. The number of halogens is 1. The van der Waals surface area contributed by atoms with E-state index in [1.807, 2.05) is 0 Å². The van der Waals surface area contributed by atoms with Gasteiger partial charge in [0, 0.05) is 36.7 Å². The summed E-state index contributed by atoms with van der Waals surface area (Å²) in [5.74, 6) is -2.45. The smallest absolute Gasteiger partial charge is 0.335 e. The van der Waals surface area contributed by atoms with Crippen LogP contribution < -0.4 is 5.32 Å². The number of anilines is 1. The number of carboxylic acids is 1. The number of amides is 2. The maximum absolute atomic E-state index is 14.5. The third-order valence-electron chi connectivity index (χ3n) is 7.99. The van der Waals surface area contributed by atoms with Crippen molar-refractivity contribution in [2.45, 2.75) is 50.5 Å². The van der Waals surface area contributed by atoms with Gasteiger partial charge in [-0.3, -0.25) is 19.4 Å². The number of ketones is 1. The van der Waals surface area contributed by atoms with E-state index in [1.54, 1.807) is 17.0 Å². The zero-order chi connectivity index (χ0) is 28.7. The zero-order valence-electron chi connectivity index (χ0n) is 22.1. The van der Waals surface area contributed by atoms with E-state index in [0.29, 0.717) is 42.9 Å². The SMILES string of the molecule is O=C(O)c1ccc2oc(C(=O)Nc3ccc(Cl)cn3)c(C3(C(=O)C4CCCCC4)C=C(N4CCCC4=O)C=N3)c2c1. The molecule has 0 spiro atoms. The number of nitrogens with one attached hydrogen (secondary N) is 1. The summed E-state index contributed by atoms with van der Waals surface area (Å²) in [6.45, 7) is 0.495. The standard InChI is InChI=1S/C30H27ClN4O6/c31-19-9-11-23(32-15-19)34-28(38)26-25(21-13-18(29(39)40)8-10-22(21)41-26)30(27(37)17-5-2-1-3-6-17)14-20(16-33-30)35-12-4-7-24(35)36/h8-11,13-17H,1-7,12H2,(H,39,40)(H,32,34,38). The molecule has 2 N–H and O–H groups in total. The third-order valence-corrected chi connectivity index (χ3v) is 8.21. The number of nitrogens with zero attached hydrogens (tertiary/aromatic N) is 3.